The van der Waals surface area contributed by atoms with Crippen LogP contribution in [0.25, 0.3) is 0 Å². The molecule has 2 atom stereocenters. The molecule has 4 nitrogen and oxygen atoms in total. The molecule has 0 radical (unpaired) electrons. The summed E-state index contributed by atoms with van der Waals surface area (Å²) in [6.45, 7) is 8.26. The third kappa shape index (κ3) is 5.39. The average molecular weight is 281 g/mol. The Morgan fingerprint density at radius 3 is 2.15 bits per heavy atom. The van der Waals surface area contributed by atoms with Crippen molar-refractivity contribution in [1.82, 2.24) is 5.32 Å². The molecule has 1 aromatic carbocycles. The average Bonchev–Trinajstić information content (AvgIpc) is 2.38. The first-order valence-electron chi connectivity index (χ1n) is 7.08. The zero-order chi connectivity index (χ0) is 15.2. The second-order valence-corrected chi connectivity index (χ2v) is 5.83. The van der Waals surface area contributed by atoms with Crippen molar-refractivity contribution in [3.63, 3.8) is 0 Å². The van der Waals surface area contributed by atoms with Crippen molar-refractivity contribution in [3.8, 4) is 11.5 Å². The monoisotopic (exact) mass is 281 g/mol. The molecular weight excluding hydrogens is 254 g/mol. The molecule has 1 aromatic rings. The first kappa shape index (κ1) is 16.8. The van der Waals surface area contributed by atoms with Crippen molar-refractivity contribution in [2.45, 2.75) is 51.8 Å². The van der Waals surface area contributed by atoms with Gasteiger partial charge in [-0.25, -0.2) is 0 Å². The van der Waals surface area contributed by atoms with Gasteiger partial charge in [-0.1, -0.05) is 13.8 Å². The van der Waals surface area contributed by atoms with Gasteiger partial charge in [0.05, 0.1) is 19.8 Å². The molecule has 0 amide bonds. The van der Waals surface area contributed by atoms with Crippen LogP contribution < -0.4 is 14.8 Å². The molecule has 1 rings (SSSR count). The molecule has 2 N–H and O–H groups in total. The SMILES string of the molecule is COc1ccc(OC(C)CC(C)(CO)NC(C)C)cc1. The van der Waals surface area contributed by atoms with Gasteiger partial charge in [-0.15, -0.1) is 0 Å². The van der Waals surface area contributed by atoms with Crippen LogP contribution in [0.15, 0.2) is 24.3 Å². The number of ether oxygens (including phenoxy) is 2. The van der Waals surface area contributed by atoms with Crippen LogP contribution in [0.4, 0.5) is 0 Å². The third-order valence-electron chi connectivity index (χ3n) is 3.12. The van der Waals surface area contributed by atoms with E-state index in [2.05, 4.69) is 19.2 Å². The molecule has 0 bridgehead atoms. The smallest absolute Gasteiger partial charge is 0.119 e. The van der Waals surface area contributed by atoms with Crippen molar-refractivity contribution in [1.29, 1.82) is 0 Å². The van der Waals surface area contributed by atoms with Crippen molar-refractivity contribution in [2.24, 2.45) is 0 Å². The predicted molar refractivity (Wildman–Crippen MR) is 81.5 cm³/mol. The highest BCUT2D eigenvalue weighted by Crippen LogP contribution is 2.21. The molecule has 2 unspecified atom stereocenters. The van der Waals surface area contributed by atoms with Gasteiger partial charge in [-0.2, -0.15) is 0 Å². The Morgan fingerprint density at radius 2 is 1.70 bits per heavy atom. The highest BCUT2D eigenvalue weighted by molar-refractivity contribution is 5.31. The van der Waals surface area contributed by atoms with Crippen LogP contribution in [-0.4, -0.2) is 36.5 Å². The predicted octanol–water partition coefficient (Wildman–Crippen LogP) is 2.60. The van der Waals surface area contributed by atoms with Gasteiger partial charge in [0, 0.05) is 18.0 Å². The van der Waals surface area contributed by atoms with Gasteiger partial charge < -0.3 is 19.9 Å². The molecule has 0 aliphatic rings. The lowest BCUT2D eigenvalue weighted by Crippen LogP contribution is -2.51. The molecule has 0 aromatic heterocycles. The molecule has 20 heavy (non-hydrogen) atoms. The molecular formula is C16H27NO3. The van der Waals surface area contributed by atoms with E-state index in [1.165, 1.54) is 0 Å². The molecule has 0 heterocycles. The fourth-order valence-electron chi connectivity index (χ4n) is 2.43. The number of hydrogen-bond donors (Lipinski definition) is 2. The highest BCUT2D eigenvalue weighted by Gasteiger charge is 2.27. The van der Waals surface area contributed by atoms with E-state index in [1.54, 1.807) is 7.11 Å². The Bertz CT molecular complexity index is 391. The van der Waals surface area contributed by atoms with E-state index < -0.39 is 0 Å². The second-order valence-electron chi connectivity index (χ2n) is 5.83. The zero-order valence-corrected chi connectivity index (χ0v) is 13.1. The minimum Gasteiger partial charge on any atom is -0.497 e. The minimum atomic E-state index is -0.333. The van der Waals surface area contributed by atoms with Crippen LogP contribution in [0.5, 0.6) is 11.5 Å². The van der Waals surface area contributed by atoms with Gasteiger partial charge in [0.15, 0.2) is 0 Å². The summed E-state index contributed by atoms with van der Waals surface area (Å²) in [4.78, 5) is 0. The summed E-state index contributed by atoms with van der Waals surface area (Å²) in [7, 11) is 1.64. The van der Waals surface area contributed by atoms with E-state index in [0.717, 1.165) is 17.9 Å². The molecule has 0 fully saturated rings. The van der Waals surface area contributed by atoms with Crippen LogP contribution >= 0.6 is 0 Å². The number of benzene rings is 1. The lowest BCUT2D eigenvalue weighted by molar-refractivity contribution is 0.104. The molecule has 0 aliphatic carbocycles. The summed E-state index contributed by atoms with van der Waals surface area (Å²) < 4.78 is 11.0. The molecule has 4 heteroatoms. The summed E-state index contributed by atoms with van der Waals surface area (Å²) in [6, 6.07) is 7.85. The van der Waals surface area contributed by atoms with Gasteiger partial charge in [-0.05, 0) is 38.1 Å². The first-order chi connectivity index (χ1) is 9.38. The van der Waals surface area contributed by atoms with Crippen molar-refractivity contribution >= 4 is 0 Å². The van der Waals surface area contributed by atoms with Crippen LogP contribution in [0, 0.1) is 0 Å². The quantitative estimate of drug-likeness (QED) is 0.769. The Hall–Kier alpha value is -1.26. The van der Waals surface area contributed by atoms with Gasteiger partial charge in [-0.3, -0.25) is 0 Å². The van der Waals surface area contributed by atoms with E-state index in [1.807, 2.05) is 38.1 Å². The lowest BCUT2D eigenvalue weighted by atomic mass is 9.94. The molecule has 0 spiro atoms. The Kier molecular flexibility index (Phi) is 6.30. The molecule has 0 saturated heterocycles. The standard InChI is InChI=1S/C16H27NO3/c1-12(2)17-16(4,11-18)10-13(3)20-15-8-6-14(19-5)7-9-15/h6-9,12-13,17-18H,10-11H2,1-5H3. The second kappa shape index (κ2) is 7.50. The summed E-state index contributed by atoms with van der Waals surface area (Å²) >= 11 is 0. The third-order valence-corrected chi connectivity index (χ3v) is 3.12. The van der Waals surface area contributed by atoms with Gasteiger partial charge in [0.2, 0.25) is 0 Å². The number of aliphatic hydroxyl groups is 1. The Morgan fingerprint density at radius 1 is 1.15 bits per heavy atom. The summed E-state index contributed by atoms with van der Waals surface area (Å²) in [6.07, 6.45) is 0.736. The van der Waals surface area contributed by atoms with Crippen molar-refractivity contribution in [2.75, 3.05) is 13.7 Å². The van der Waals surface area contributed by atoms with E-state index in [0.29, 0.717) is 6.04 Å². The maximum absolute atomic E-state index is 9.58. The molecule has 0 aliphatic heterocycles. The fraction of sp³-hybridized carbons (Fsp3) is 0.625. The summed E-state index contributed by atoms with van der Waals surface area (Å²) in [5.41, 5.74) is -0.333. The van der Waals surface area contributed by atoms with Crippen LogP contribution in [0.2, 0.25) is 0 Å². The maximum Gasteiger partial charge on any atom is 0.119 e. The number of rotatable bonds is 8. The topological polar surface area (TPSA) is 50.7 Å². The number of aliphatic hydroxyl groups excluding tert-OH is 1. The fourth-order valence-corrected chi connectivity index (χ4v) is 2.43. The highest BCUT2D eigenvalue weighted by atomic mass is 16.5. The van der Waals surface area contributed by atoms with Gasteiger partial charge in [0.1, 0.15) is 11.5 Å². The van der Waals surface area contributed by atoms with Crippen LogP contribution in [0.3, 0.4) is 0 Å². The first-order valence-corrected chi connectivity index (χ1v) is 7.08. The van der Waals surface area contributed by atoms with E-state index >= 15 is 0 Å². The van der Waals surface area contributed by atoms with E-state index in [-0.39, 0.29) is 18.2 Å². The number of nitrogens with one attached hydrogen (secondary N) is 1. The lowest BCUT2D eigenvalue weighted by Gasteiger charge is -2.33. The van der Waals surface area contributed by atoms with Gasteiger partial charge >= 0.3 is 0 Å². The maximum atomic E-state index is 9.58. The van der Waals surface area contributed by atoms with Gasteiger partial charge in [0.25, 0.3) is 0 Å². The number of methoxy groups -OCH3 is 1. The van der Waals surface area contributed by atoms with Crippen molar-refractivity contribution < 1.29 is 14.6 Å². The Labute approximate surface area is 122 Å². The summed E-state index contributed by atoms with van der Waals surface area (Å²) in [5.74, 6) is 1.62. The number of hydrogen-bond acceptors (Lipinski definition) is 4. The Balaban J connectivity index is 2.58. The normalized spacial score (nSPS) is 15.8. The van der Waals surface area contributed by atoms with E-state index in [4.69, 9.17) is 9.47 Å². The minimum absolute atomic E-state index is 0.00629. The molecule has 114 valence electrons. The molecule has 0 saturated carbocycles. The zero-order valence-electron chi connectivity index (χ0n) is 13.1. The summed E-state index contributed by atoms with van der Waals surface area (Å²) in [5, 5.41) is 13.0. The largest absolute Gasteiger partial charge is 0.497 e. The van der Waals surface area contributed by atoms with Crippen molar-refractivity contribution in [3.05, 3.63) is 24.3 Å². The van der Waals surface area contributed by atoms with Crippen LogP contribution in [-0.2, 0) is 0 Å². The van der Waals surface area contributed by atoms with Crippen LogP contribution in [0.1, 0.15) is 34.1 Å². The van der Waals surface area contributed by atoms with E-state index in [9.17, 15) is 5.11 Å².